The summed E-state index contributed by atoms with van der Waals surface area (Å²) in [5, 5.41) is 15.4. The van der Waals surface area contributed by atoms with Crippen molar-refractivity contribution in [3.05, 3.63) is 28.1 Å². The predicted octanol–water partition coefficient (Wildman–Crippen LogP) is 3.56. The summed E-state index contributed by atoms with van der Waals surface area (Å²) in [4.78, 5) is 16.0. The van der Waals surface area contributed by atoms with Crippen molar-refractivity contribution >= 4 is 33.9 Å². The fourth-order valence-electron chi connectivity index (χ4n) is 2.51. The van der Waals surface area contributed by atoms with Gasteiger partial charge >= 0.3 is 0 Å². The van der Waals surface area contributed by atoms with Crippen molar-refractivity contribution in [1.29, 1.82) is 0 Å². The largest absolute Gasteiger partial charge is 0.515 e. The van der Waals surface area contributed by atoms with E-state index in [9.17, 15) is 9.90 Å². The molecule has 0 unspecified atom stereocenters. The molecule has 0 radical (unpaired) electrons. The molecule has 0 saturated heterocycles. The average molecular weight is 387 g/mol. The van der Waals surface area contributed by atoms with Gasteiger partial charge in [0, 0.05) is 0 Å². The maximum atomic E-state index is 12.1. The Morgan fingerprint density at radius 2 is 2.25 bits per heavy atom. The van der Waals surface area contributed by atoms with Gasteiger partial charge in [0.15, 0.2) is 11.6 Å². The quantitative estimate of drug-likeness (QED) is 0.445. The monoisotopic (exact) mass is 387 g/mol. The van der Waals surface area contributed by atoms with E-state index in [2.05, 4.69) is 37.8 Å². The first-order valence-corrected chi connectivity index (χ1v) is 7.89. The van der Waals surface area contributed by atoms with Crippen LogP contribution in [0.2, 0.25) is 0 Å². The topological polar surface area (TPSA) is 78.9 Å². The maximum absolute atomic E-state index is 12.1. The third-order valence-electron chi connectivity index (χ3n) is 3.62. The van der Waals surface area contributed by atoms with E-state index < -0.39 is 0 Å². The number of hydrogen-bond acceptors (Lipinski definition) is 4. The van der Waals surface area contributed by atoms with Gasteiger partial charge in [-0.2, -0.15) is 5.10 Å². The van der Waals surface area contributed by atoms with Crippen LogP contribution in [-0.2, 0) is 4.79 Å². The van der Waals surface area contributed by atoms with E-state index in [0.717, 1.165) is 28.6 Å². The highest BCUT2D eigenvalue weighted by molar-refractivity contribution is 14.1. The van der Waals surface area contributed by atoms with E-state index in [-0.39, 0.29) is 17.2 Å². The van der Waals surface area contributed by atoms with Crippen molar-refractivity contribution in [1.82, 2.24) is 15.2 Å². The zero-order chi connectivity index (χ0) is 14.4. The van der Waals surface area contributed by atoms with Gasteiger partial charge in [-0.15, -0.1) is 0 Å². The van der Waals surface area contributed by atoms with Crippen LogP contribution in [0.4, 0.5) is 0 Å². The predicted molar refractivity (Wildman–Crippen MR) is 85.3 cm³/mol. The molecule has 1 aromatic heterocycles. The molecule has 1 aromatic rings. The van der Waals surface area contributed by atoms with Gasteiger partial charge < -0.3 is 5.11 Å². The van der Waals surface area contributed by atoms with Gasteiger partial charge in [-0.3, -0.25) is 9.89 Å². The van der Waals surface area contributed by atoms with Gasteiger partial charge in [0.2, 0.25) is 0 Å². The Hall–Kier alpha value is -1.18. The number of nitrogens with zero attached hydrogens (tertiary/aromatic N) is 2. The Labute approximate surface area is 131 Å². The van der Waals surface area contributed by atoms with Gasteiger partial charge in [0.1, 0.15) is 11.9 Å². The molecule has 0 spiro atoms. The summed E-state index contributed by atoms with van der Waals surface area (Å²) < 4.78 is 1.01. The SMILES string of the molecule is O=C(/C=C(\I)CCC1CCCC1)C(=CO)c1ncn[nH]1. The number of aromatic amines is 1. The van der Waals surface area contributed by atoms with E-state index in [1.165, 1.54) is 32.0 Å². The molecular weight excluding hydrogens is 369 g/mol. The number of ketones is 1. The number of carbonyl (C=O) groups is 1. The van der Waals surface area contributed by atoms with E-state index >= 15 is 0 Å². The van der Waals surface area contributed by atoms with Gasteiger partial charge in [0.05, 0.1) is 6.26 Å². The first-order valence-electron chi connectivity index (χ1n) is 6.81. The third-order valence-corrected chi connectivity index (χ3v) is 4.47. The molecule has 20 heavy (non-hydrogen) atoms. The van der Waals surface area contributed by atoms with Crippen LogP contribution in [-0.4, -0.2) is 26.1 Å². The van der Waals surface area contributed by atoms with Crippen molar-refractivity contribution in [2.45, 2.75) is 38.5 Å². The Morgan fingerprint density at radius 1 is 1.50 bits per heavy atom. The molecule has 1 saturated carbocycles. The molecule has 1 heterocycles. The minimum absolute atomic E-state index is 0.137. The minimum Gasteiger partial charge on any atom is -0.515 e. The number of allylic oxidation sites excluding steroid dienone is 3. The third kappa shape index (κ3) is 4.16. The molecule has 1 aliphatic carbocycles. The highest BCUT2D eigenvalue weighted by Crippen LogP contribution is 2.31. The number of aliphatic hydroxyl groups is 1. The van der Waals surface area contributed by atoms with Gasteiger partial charge in [-0.05, 0) is 51.0 Å². The second-order valence-corrected chi connectivity index (χ2v) is 6.41. The van der Waals surface area contributed by atoms with Crippen LogP contribution in [0.3, 0.4) is 0 Å². The lowest BCUT2D eigenvalue weighted by Crippen LogP contribution is -2.01. The average Bonchev–Trinajstić information content (AvgIpc) is 3.10. The molecule has 0 atom stereocenters. The summed E-state index contributed by atoms with van der Waals surface area (Å²) in [6.45, 7) is 0. The molecule has 5 nitrogen and oxygen atoms in total. The van der Waals surface area contributed by atoms with Crippen LogP contribution in [0.5, 0.6) is 0 Å². The molecule has 2 N–H and O–H groups in total. The molecule has 108 valence electrons. The van der Waals surface area contributed by atoms with Crippen LogP contribution in [0.1, 0.15) is 44.3 Å². The van der Waals surface area contributed by atoms with Gasteiger partial charge in [-0.1, -0.05) is 25.7 Å². The summed E-state index contributed by atoms with van der Waals surface area (Å²) in [6.07, 6.45) is 11.0. The number of hydrogen-bond donors (Lipinski definition) is 2. The number of carbonyl (C=O) groups excluding carboxylic acids is 1. The molecule has 0 aromatic carbocycles. The van der Waals surface area contributed by atoms with Crippen molar-refractivity contribution in [3.8, 4) is 0 Å². The molecule has 0 bridgehead atoms. The van der Waals surface area contributed by atoms with Gasteiger partial charge in [0.25, 0.3) is 0 Å². The first kappa shape index (κ1) is 15.2. The minimum atomic E-state index is -0.250. The van der Waals surface area contributed by atoms with Crippen LogP contribution in [0, 0.1) is 5.92 Å². The van der Waals surface area contributed by atoms with E-state index in [1.54, 1.807) is 6.08 Å². The molecule has 0 aliphatic heterocycles. The number of halogens is 1. The lowest BCUT2D eigenvalue weighted by molar-refractivity contribution is -0.109. The Bertz CT molecular complexity index is 502. The Balaban J connectivity index is 1.92. The normalized spacial score (nSPS) is 17.6. The Kier molecular flexibility index (Phi) is 5.75. The molecule has 6 heteroatoms. The highest BCUT2D eigenvalue weighted by atomic mass is 127. The fourth-order valence-corrected chi connectivity index (χ4v) is 3.10. The number of aliphatic hydroxyl groups excluding tert-OH is 1. The zero-order valence-corrected chi connectivity index (χ0v) is 13.3. The molecule has 1 fully saturated rings. The number of aromatic nitrogens is 3. The Morgan fingerprint density at radius 3 is 2.85 bits per heavy atom. The van der Waals surface area contributed by atoms with E-state index in [4.69, 9.17) is 0 Å². The molecular formula is C14H18IN3O2. The van der Waals surface area contributed by atoms with Crippen molar-refractivity contribution in [2.75, 3.05) is 0 Å². The molecule has 2 rings (SSSR count). The summed E-state index contributed by atoms with van der Waals surface area (Å²) in [5.74, 6) is 0.846. The van der Waals surface area contributed by atoms with Crippen molar-refractivity contribution in [3.63, 3.8) is 0 Å². The van der Waals surface area contributed by atoms with Crippen LogP contribution >= 0.6 is 22.6 Å². The number of H-pyrrole nitrogens is 1. The maximum Gasteiger partial charge on any atom is 0.193 e. The first-order chi connectivity index (χ1) is 9.70. The highest BCUT2D eigenvalue weighted by Gasteiger charge is 2.16. The number of nitrogens with one attached hydrogen (secondary N) is 1. The summed E-state index contributed by atoms with van der Waals surface area (Å²) in [6, 6.07) is 0. The lowest BCUT2D eigenvalue weighted by Gasteiger charge is -2.07. The zero-order valence-electron chi connectivity index (χ0n) is 11.2. The van der Waals surface area contributed by atoms with E-state index in [1.807, 2.05) is 0 Å². The van der Waals surface area contributed by atoms with Gasteiger partial charge in [-0.25, -0.2) is 4.98 Å². The van der Waals surface area contributed by atoms with Crippen LogP contribution in [0.25, 0.3) is 5.57 Å². The van der Waals surface area contributed by atoms with Crippen molar-refractivity contribution < 1.29 is 9.90 Å². The van der Waals surface area contributed by atoms with Crippen molar-refractivity contribution in [2.24, 2.45) is 5.92 Å². The summed E-state index contributed by atoms with van der Waals surface area (Å²) in [5.41, 5.74) is 0.137. The molecule has 0 amide bonds. The second-order valence-electron chi connectivity index (χ2n) is 5.02. The number of rotatable bonds is 6. The smallest absolute Gasteiger partial charge is 0.193 e. The standard InChI is InChI=1S/C14H18IN3O2/c15-11(6-5-10-3-1-2-4-10)7-13(20)12(8-19)14-16-9-17-18-14/h7-10,19H,1-6H2,(H,16,17,18)/b11-7-,12-8?. The second kappa shape index (κ2) is 7.56. The lowest BCUT2D eigenvalue weighted by atomic mass is 10.0. The van der Waals surface area contributed by atoms with Crippen LogP contribution < -0.4 is 0 Å². The summed E-state index contributed by atoms with van der Waals surface area (Å²) in [7, 11) is 0. The molecule has 1 aliphatic rings. The fraction of sp³-hybridized carbons (Fsp3) is 0.500. The van der Waals surface area contributed by atoms with E-state index in [0.29, 0.717) is 0 Å². The summed E-state index contributed by atoms with van der Waals surface area (Å²) >= 11 is 2.20. The van der Waals surface area contributed by atoms with Crippen LogP contribution in [0.15, 0.2) is 22.2 Å².